The molecule has 0 saturated heterocycles. The van der Waals surface area contributed by atoms with Gasteiger partial charge in [0.05, 0.1) is 5.60 Å². The maximum Gasteiger partial charge on any atom is 0.261 e. The van der Waals surface area contributed by atoms with Gasteiger partial charge in [0.25, 0.3) is 6.43 Å². The Morgan fingerprint density at radius 1 is 1.27 bits per heavy atom. The van der Waals surface area contributed by atoms with E-state index in [0.29, 0.717) is 6.54 Å². The summed E-state index contributed by atoms with van der Waals surface area (Å²) in [7, 11) is 0. The van der Waals surface area contributed by atoms with E-state index in [9.17, 15) is 8.78 Å². The predicted octanol–water partition coefficient (Wildman–Crippen LogP) is 2.58. The molecule has 1 rings (SSSR count). The highest BCUT2D eigenvalue weighted by Gasteiger charge is 2.33. The van der Waals surface area contributed by atoms with Gasteiger partial charge in [-0.3, -0.25) is 0 Å². The van der Waals surface area contributed by atoms with Crippen molar-refractivity contribution in [1.82, 2.24) is 5.32 Å². The second kappa shape index (κ2) is 6.38. The van der Waals surface area contributed by atoms with E-state index < -0.39 is 13.0 Å². The van der Waals surface area contributed by atoms with Gasteiger partial charge in [-0.2, -0.15) is 0 Å². The van der Waals surface area contributed by atoms with Gasteiger partial charge in [-0.25, -0.2) is 8.78 Å². The molecule has 0 spiro atoms. The van der Waals surface area contributed by atoms with Crippen molar-refractivity contribution >= 4 is 0 Å². The minimum atomic E-state index is -2.36. The lowest BCUT2D eigenvalue weighted by atomic mass is 9.84. The highest BCUT2D eigenvalue weighted by Crippen LogP contribution is 2.31. The summed E-state index contributed by atoms with van der Waals surface area (Å²) in [5.74, 6) is 0. The van der Waals surface area contributed by atoms with Crippen molar-refractivity contribution in [3.63, 3.8) is 0 Å². The molecule has 15 heavy (non-hydrogen) atoms. The standard InChI is InChI=1S/C11H21F2NO/c1-2-14-9-11(15-8-10(12)13)6-4-3-5-7-11/h10,14H,2-9H2,1H3. The van der Waals surface area contributed by atoms with Gasteiger partial charge < -0.3 is 10.1 Å². The Morgan fingerprint density at radius 3 is 2.47 bits per heavy atom. The van der Waals surface area contributed by atoms with Crippen molar-refractivity contribution in [3.05, 3.63) is 0 Å². The van der Waals surface area contributed by atoms with E-state index in [2.05, 4.69) is 5.32 Å². The van der Waals surface area contributed by atoms with Crippen LogP contribution >= 0.6 is 0 Å². The molecule has 0 bridgehead atoms. The number of nitrogens with one attached hydrogen (secondary N) is 1. The molecule has 2 nitrogen and oxygen atoms in total. The molecule has 0 amide bonds. The third kappa shape index (κ3) is 4.43. The smallest absolute Gasteiger partial charge is 0.261 e. The highest BCUT2D eigenvalue weighted by atomic mass is 19.3. The molecule has 1 aliphatic rings. The molecule has 0 aliphatic heterocycles. The van der Waals surface area contributed by atoms with Crippen LogP contribution in [0.25, 0.3) is 0 Å². The molecule has 90 valence electrons. The third-order valence-electron chi connectivity index (χ3n) is 2.98. The molecule has 0 aromatic carbocycles. The summed E-state index contributed by atoms with van der Waals surface area (Å²) in [6, 6.07) is 0. The van der Waals surface area contributed by atoms with Crippen molar-refractivity contribution in [2.75, 3.05) is 19.7 Å². The van der Waals surface area contributed by atoms with Gasteiger partial charge in [-0.15, -0.1) is 0 Å². The van der Waals surface area contributed by atoms with Gasteiger partial charge in [0.1, 0.15) is 6.61 Å². The highest BCUT2D eigenvalue weighted by molar-refractivity contribution is 4.86. The van der Waals surface area contributed by atoms with E-state index in [1.807, 2.05) is 6.92 Å². The van der Waals surface area contributed by atoms with Crippen LogP contribution in [0.1, 0.15) is 39.0 Å². The first-order chi connectivity index (χ1) is 7.18. The molecular weight excluding hydrogens is 200 g/mol. The summed E-state index contributed by atoms with van der Waals surface area (Å²) in [6.45, 7) is 3.16. The van der Waals surface area contributed by atoms with E-state index >= 15 is 0 Å². The zero-order valence-corrected chi connectivity index (χ0v) is 9.40. The summed E-state index contributed by atoms with van der Waals surface area (Å²) in [4.78, 5) is 0. The Morgan fingerprint density at radius 2 is 1.93 bits per heavy atom. The molecule has 4 heteroatoms. The van der Waals surface area contributed by atoms with Gasteiger partial charge >= 0.3 is 0 Å². The Bertz CT molecular complexity index is 170. The number of ether oxygens (including phenoxy) is 1. The van der Waals surface area contributed by atoms with Crippen LogP contribution in [0.3, 0.4) is 0 Å². The van der Waals surface area contributed by atoms with E-state index in [0.717, 1.165) is 32.2 Å². The second-order valence-electron chi connectivity index (χ2n) is 4.23. The first-order valence-corrected chi connectivity index (χ1v) is 5.81. The fourth-order valence-electron chi connectivity index (χ4n) is 2.16. The van der Waals surface area contributed by atoms with Crippen LogP contribution in [-0.4, -0.2) is 31.7 Å². The van der Waals surface area contributed by atoms with Crippen molar-refractivity contribution in [2.45, 2.75) is 51.1 Å². The molecule has 0 radical (unpaired) electrons. The van der Waals surface area contributed by atoms with Crippen molar-refractivity contribution in [3.8, 4) is 0 Å². The molecule has 0 aromatic heterocycles. The van der Waals surface area contributed by atoms with Crippen LogP contribution < -0.4 is 5.32 Å². The monoisotopic (exact) mass is 221 g/mol. The van der Waals surface area contributed by atoms with Gasteiger partial charge in [0.15, 0.2) is 0 Å². The minimum Gasteiger partial charge on any atom is -0.368 e. The van der Waals surface area contributed by atoms with Gasteiger partial charge in [0, 0.05) is 6.54 Å². The van der Waals surface area contributed by atoms with Gasteiger partial charge in [-0.1, -0.05) is 26.2 Å². The van der Waals surface area contributed by atoms with Crippen molar-refractivity contribution < 1.29 is 13.5 Å². The van der Waals surface area contributed by atoms with Crippen molar-refractivity contribution in [2.24, 2.45) is 0 Å². The van der Waals surface area contributed by atoms with Crippen LogP contribution in [0.5, 0.6) is 0 Å². The first-order valence-electron chi connectivity index (χ1n) is 5.81. The SMILES string of the molecule is CCNCC1(OCC(F)F)CCCCC1. The largest absolute Gasteiger partial charge is 0.368 e. The quantitative estimate of drug-likeness (QED) is 0.744. The Balaban J connectivity index is 2.42. The third-order valence-corrected chi connectivity index (χ3v) is 2.98. The lowest BCUT2D eigenvalue weighted by Gasteiger charge is -2.37. The average molecular weight is 221 g/mol. The van der Waals surface area contributed by atoms with Gasteiger partial charge in [-0.05, 0) is 19.4 Å². The van der Waals surface area contributed by atoms with Crippen LogP contribution in [0.15, 0.2) is 0 Å². The summed E-state index contributed by atoms with van der Waals surface area (Å²) >= 11 is 0. The topological polar surface area (TPSA) is 21.3 Å². The molecule has 0 heterocycles. The first kappa shape index (κ1) is 12.8. The predicted molar refractivity (Wildman–Crippen MR) is 56.3 cm³/mol. The second-order valence-corrected chi connectivity index (χ2v) is 4.23. The Kier molecular flexibility index (Phi) is 5.47. The van der Waals surface area contributed by atoms with E-state index in [4.69, 9.17) is 4.74 Å². The number of halogens is 2. The van der Waals surface area contributed by atoms with Crippen LogP contribution in [0, 0.1) is 0 Å². The molecule has 0 aromatic rings. The summed E-state index contributed by atoms with van der Waals surface area (Å²) in [6.07, 6.45) is 2.85. The molecule has 0 atom stereocenters. The van der Waals surface area contributed by atoms with Gasteiger partial charge in [0.2, 0.25) is 0 Å². The van der Waals surface area contributed by atoms with Crippen LogP contribution in [-0.2, 0) is 4.74 Å². The molecule has 0 unspecified atom stereocenters. The zero-order valence-electron chi connectivity index (χ0n) is 9.40. The molecular formula is C11H21F2NO. The minimum absolute atomic E-state index is 0.329. The summed E-state index contributed by atoms with van der Waals surface area (Å²) in [5, 5.41) is 3.21. The fraction of sp³-hybridized carbons (Fsp3) is 1.00. The van der Waals surface area contributed by atoms with E-state index in [1.165, 1.54) is 6.42 Å². The molecule has 1 aliphatic carbocycles. The van der Waals surface area contributed by atoms with Crippen LogP contribution in [0.4, 0.5) is 8.78 Å². The molecule has 1 saturated carbocycles. The zero-order chi connectivity index (χ0) is 11.1. The number of alkyl halides is 2. The molecule has 1 fully saturated rings. The lowest BCUT2D eigenvalue weighted by molar-refractivity contribution is -0.105. The maximum absolute atomic E-state index is 12.1. The molecule has 1 N–H and O–H groups in total. The summed E-state index contributed by atoms with van der Waals surface area (Å²) < 4.78 is 29.7. The Labute approximate surface area is 90.4 Å². The average Bonchev–Trinajstić information content (AvgIpc) is 2.25. The van der Waals surface area contributed by atoms with E-state index in [1.54, 1.807) is 0 Å². The number of rotatable bonds is 6. The number of hydrogen-bond acceptors (Lipinski definition) is 2. The van der Waals surface area contributed by atoms with Crippen molar-refractivity contribution in [1.29, 1.82) is 0 Å². The maximum atomic E-state index is 12.1. The number of likely N-dealkylation sites (N-methyl/N-ethyl adjacent to an activating group) is 1. The normalized spacial score (nSPS) is 20.8. The summed E-state index contributed by atoms with van der Waals surface area (Å²) in [5.41, 5.74) is -0.329. The fourth-order valence-corrected chi connectivity index (χ4v) is 2.16. The van der Waals surface area contributed by atoms with Crippen LogP contribution in [0.2, 0.25) is 0 Å². The Hall–Kier alpha value is -0.220. The van der Waals surface area contributed by atoms with E-state index in [-0.39, 0.29) is 5.60 Å². The number of hydrogen-bond donors (Lipinski definition) is 1. The lowest BCUT2D eigenvalue weighted by Crippen LogP contribution is -2.45.